The minimum absolute atomic E-state index is 0.246. The summed E-state index contributed by atoms with van der Waals surface area (Å²) in [5, 5.41) is 31.4. The lowest BCUT2D eigenvalue weighted by molar-refractivity contribution is 0.364. The second-order valence-electron chi connectivity index (χ2n) is 5.01. The zero-order valence-electron chi connectivity index (χ0n) is 11.1. The summed E-state index contributed by atoms with van der Waals surface area (Å²) in [5.41, 5.74) is 0.592. The molecule has 0 unspecified atom stereocenters. The van der Waals surface area contributed by atoms with Crippen molar-refractivity contribution in [3.05, 3.63) is 17.7 Å². The molecule has 0 aliphatic rings. The number of nitrogens with one attached hydrogen (secondary N) is 1. The number of hydrogen-bond acceptors (Lipinski definition) is 4. The molecule has 18 heavy (non-hydrogen) atoms. The van der Waals surface area contributed by atoms with Gasteiger partial charge >= 0.3 is 0 Å². The highest BCUT2D eigenvalue weighted by Gasteiger charge is 2.10. The van der Waals surface area contributed by atoms with Gasteiger partial charge in [0.25, 0.3) is 0 Å². The maximum absolute atomic E-state index is 9.60. The van der Waals surface area contributed by atoms with Crippen molar-refractivity contribution < 1.29 is 15.3 Å². The van der Waals surface area contributed by atoms with Crippen molar-refractivity contribution in [2.45, 2.75) is 39.7 Å². The van der Waals surface area contributed by atoms with E-state index in [9.17, 15) is 15.3 Å². The molecule has 0 bridgehead atoms. The molecule has 0 saturated heterocycles. The summed E-state index contributed by atoms with van der Waals surface area (Å²) in [6.45, 7) is 5.80. The van der Waals surface area contributed by atoms with Crippen LogP contribution in [0.1, 0.15) is 38.7 Å². The molecule has 0 aliphatic heterocycles. The number of hydrogen-bond donors (Lipinski definition) is 4. The van der Waals surface area contributed by atoms with E-state index in [0.717, 1.165) is 18.9 Å². The van der Waals surface area contributed by atoms with Crippen LogP contribution in [-0.4, -0.2) is 21.9 Å². The Bertz CT molecular complexity index is 378. The normalized spacial score (nSPS) is 11.1. The highest BCUT2D eigenvalue weighted by Crippen LogP contribution is 2.36. The Labute approximate surface area is 108 Å². The average Bonchev–Trinajstić information content (AvgIpc) is 2.33. The minimum Gasteiger partial charge on any atom is -0.504 e. The van der Waals surface area contributed by atoms with Crippen LogP contribution in [0.4, 0.5) is 0 Å². The van der Waals surface area contributed by atoms with E-state index >= 15 is 0 Å². The van der Waals surface area contributed by atoms with Gasteiger partial charge in [-0.3, -0.25) is 0 Å². The van der Waals surface area contributed by atoms with Crippen molar-refractivity contribution in [2.24, 2.45) is 5.92 Å². The van der Waals surface area contributed by atoms with Crippen molar-refractivity contribution in [1.82, 2.24) is 5.32 Å². The monoisotopic (exact) mass is 253 g/mol. The summed E-state index contributed by atoms with van der Waals surface area (Å²) in [6.07, 6.45) is 3.52. The first-order valence-electron chi connectivity index (χ1n) is 6.46. The van der Waals surface area contributed by atoms with Crippen LogP contribution in [0.25, 0.3) is 0 Å². The SMILES string of the molecule is CC(C)CCCCNCc1ccc(O)c(O)c1O. The highest BCUT2D eigenvalue weighted by atomic mass is 16.3. The van der Waals surface area contributed by atoms with Crippen LogP contribution < -0.4 is 5.32 Å². The first-order valence-corrected chi connectivity index (χ1v) is 6.46. The fourth-order valence-corrected chi connectivity index (χ4v) is 1.78. The predicted molar refractivity (Wildman–Crippen MR) is 71.8 cm³/mol. The molecule has 0 aromatic heterocycles. The summed E-state index contributed by atoms with van der Waals surface area (Å²) in [6, 6.07) is 2.98. The van der Waals surface area contributed by atoms with Crippen LogP contribution >= 0.6 is 0 Å². The van der Waals surface area contributed by atoms with E-state index in [0.29, 0.717) is 12.1 Å². The Kier molecular flexibility index (Phi) is 5.78. The average molecular weight is 253 g/mol. The lowest BCUT2D eigenvalue weighted by Gasteiger charge is -2.09. The lowest BCUT2D eigenvalue weighted by Crippen LogP contribution is -2.14. The van der Waals surface area contributed by atoms with E-state index in [-0.39, 0.29) is 11.5 Å². The molecule has 1 aromatic rings. The number of benzene rings is 1. The zero-order valence-corrected chi connectivity index (χ0v) is 11.1. The number of phenols is 3. The largest absolute Gasteiger partial charge is 0.504 e. The first kappa shape index (κ1) is 14.6. The lowest BCUT2D eigenvalue weighted by atomic mass is 10.1. The molecule has 4 N–H and O–H groups in total. The minimum atomic E-state index is -0.450. The topological polar surface area (TPSA) is 72.7 Å². The Morgan fingerprint density at radius 3 is 2.44 bits per heavy atom. The van der Waals surface area contributed by atoms with Gasteiger partial charge in [-0.05, 0) is 24.9 Å². The smallest absolute Gasteiger partial charge is 0.200 e. The van der Waals surface area contributed by atoms with Gasteiger partial charge in [-0.2, -0.15) is 0 Å². The molecular weight excluding hydrogens is 230 g/mol. The van der Waals surface area contributed by atoms with Gasteiger partial charge < -0.3 is 20.6 Å². The third-order valence-corrected chi connectivity index (χ3v) is 2.91. The molecule has 0 amide bonds. The quantitative estimate of drug-likeness (QED) is 0.445. The van der Waals surface area contributed by atoms with Gasteiger partial charge in [0.1, 0.15) is 0 Å². The Hall–Kier alpha value is -1.42. The van der Waals surface area contributed by atoms with Gasteiger partial charge in [-0.25, -0.2) is 0 Å². The van der Waals surface area contributed by atoms with Crippen LogP contribution in [0, 0.1) is 5.92 Å². The summed E-state index contributed by atoms with van der Waals surface area (Å²) in [4.78, 5) is 0. The molecule has 0 fully saturated rings. The first-order chi connectivity index (χ1) is 8.52. The van der Waals surface area contributed by atoms with Gasteiger partial charge in [-0.15, -0.1) is 0 Å². The van der Waals surface area contributed by atoms with Gasteiger partial charge in [0.2, 0.25) is 5.75 Å². The summed E-state index contributed by atoms with van der Waals surface area (Å²) >= 11 is 0. The van der Waals surface area contributed by atoms with E-state index in [2.05, 4.69) is 19.2 Å². The number of phenolic OH excluding ortho intramolecular Hbond substituents is 3. The van der Waals surface area contributed by atoms with E-state index < -0.39 is 5.75 Å². The molecule has 1 aromatic carbocycles. The molecule has 0 radical (unpaired) electrons. The summed E-state index contributed by atoms with van der Waals surface area (Å²) in [7, 11) is 0. The second kappa shape index (κ2) is 7.11. The van der Waals surface area contributed by atoms with Gasteiger partial charge in [-0.1, -0.05) is 32.8 Å². The molecule has 0 aliphatic carbocycles. The third-order valence-electron chi connectivity index (χ3n) is 2.91. The van der Waals surface area contributed by atoms with Gasteiger partial charge in [0.05, 0.1) is 0 Å². The van der Waals surface area contributed by atoms with E-state index in [1.54, 1.807) is 6.07 Å². The van der Waals surface area contributed by atoms with Crippen LogP contribution in [-0.2, 0) is 6.54 Å². The Morgan fingerprint density at radius 1 is 1.06 bits per heavy atom. The molecule has 0 saturated carbocycles. The van der Waals surface area contributed by atoms with E-state index in [1.807, 2.05) is 0 Å². The third kappa shape index (κ3) is 4.45. The van der Waals surface area contributed by atoms with Crippen molar-refractivity contribution in [1.29, 1.82) is 0 Å². The Morgan fingerprint density at radius 2 is 1.78 bits per heavy atom. The standard InChI is InChI=1S/C14H23NO3/c1-10(2)5-3-4-8-15-9-11-6-7-12(16)14(18)13(11)17/h6-7,10,15-18H,3-5,8-9H2,1-2H3. The summed E-state index contributed by atoms with van der Waals surface area (Å²) in [5.74, 6) is -0.255. The fraction of sp³-hybridized carbons (Fsp3) is 0.571. The molecule has 1 rings (SSSR count). The molecule has 4 heteroatoms. The van der Waals surface area contributed by atoms with Gasteiger partial charge in [0.15, 0.2) is 11.5 Å². The Balaban J connectivity index is 2.30. The predicted octanol–water partition coefficient (Wildman–Crippen LogP) is 2.72. The maximum atomic E-state index is 9.60. The zero-order chi connectivity index (χ0) is 13.5. The molecule has 4 nitrogen and oxygen atoms in total. The second-order valence-corrected chi connectivity index (χ2v) is 5.01. The van der Waals surface area contributed by atoms with Crippen LogP contribution in [0.3, 0.4) is 0 Å². The summed E-state index contributed by atoms with van der Waals surface area (Å²) < 4.78 is 0. The van der Waals surface area contributed by atoms with Crippen LogP contribution in [0.2, 0.25) is 0 Å². The number of unbranched alkanes of at least 4 members (excludes halogenated alkanes) is 1. The molecule has 0 spiro atoms. The molecular formula is C14H23NO3. The van der Waals surface area contributed by atoms with Gasteiger partial charge in [0, 0.05) is 12.1 Å². The molecule has 102 valence electrons. The van der Waals surface area contributed by atoms with Crippen molar-refractivity contribution in [3.63, 3.8) is 0 Å². The van der Waals surface area contributed by atoms with Crippen molar-refractivity contribution in [3.8, 4) is 17.2 Å². The van der Waals surface area contributed by atoms with E-state index in [4.69, 9.17) is 0 Å². The maximum Gasteiger partial charge on any atom is 0.200 e. The highest BCUT2D eigenvalue weighted by molar-refractivity contribution is 5.52. The van der Waals surface area contributed by atoms with Crippen molar-refractivity contribution in [2.75, 3.05) is 6.54 Å². The number of aromatic hydroxyl groups is 3. The molecule has 0 atom stereocenters. The van der Waals surface area contributed by atoms with Crippen LogP contribution in [0.15, 0.2) is 12.1 Å². The van der Waals surface area contributed by atoms with Crippen LogP contribution in [0.5, 0.6) is 17.2 Å². The molecule has 0 heterocycles. The van der Waals surface area contributed by atoms with E-state index in [1.165, 1.54) is 18.9 Å². The van der Waals surface area contributed by atoms with Crippen molar-refractivity contribution >= 4 is 0 Å². The number of rotatable bonds is 7. The fourth-order valence-electron chi connectivity index (χ4n) is 1.78.